The Morgan fingerprint density at radius 3 is 2.85 bits per heavy atom. The first-order valence-corrected chi connectivity index (χ1v) is 6.40. The number of nitrogens with one attached hydrogen (secondary N) is 1. The Morgan fingerprint density at radius 2 is 2.25 bits per heavy atom. The fourth-order valence-electron chi connectivity index (χ4n) is 1.62. The van der Waals surface area contributed by atoms with Gasteiger partial charge in [0.1, 0.15) is 0 Å². The summed E-state index contributed by atoms with van der Waals surface area (Å²) in [5.74, 6) is 0.455. The maximum atomic E-state index is 12.0. The van der Waals surface area contributed by atoms with Crippen LogP contribution in [0.4, 0.5) is 5.69 Å². The number of aromatic nitrogens is 4. The highest BCUT2D eigenvalue weighted by molar-refractivity contribution is 5.97. The molecular weight excluding hydrogens is 256 g/mol. The predicted molar refractivity (Wildman–Crippen MR) is 75.4 cm³/mol. The highest BCUT2D eigenvalue weighted by Crippen LogP contribution is 2.16. The average Bonchev–Trinajstić information content (AvgIpc) is 2.85. The number of rotatable bonds is 4. The normalized spacial score (nSPS) is 13.8. The van der Waals surface area contributed by atoms with Crippen LogP contribution in [0.25, 0.3) is 5.69 Å². The van der Waals surface area contributed by atoms with Crippen LogP contribution < -0.4 is 11.1 Å². The smallest absolute Gasteiger partial charge is 0.244 e. The first-order valence-electron chi connectivity index (χ1n) is 6.40. The number of nitrogens with two attached hydrogens (primary N) is 1. The van der Waals surface area contributed by atoms with Crippen molar-refractivity contribution in [3.8, 4) is 5.69 Å². The molecule has 106 valence electrons. The van der Waals surface area contributed by atoms with E-state index in [0.717, 1.165) is 5.69 Å². The van der Waals surface area contributed by atoms with Gasteiger partial charge < -0.3 is 11.1 Å². The van der Waals surface area contributed by atoms with Gasteiger partial charge in [0.2, 0.25) is 5.91 Å². The molecule has 1 atom stereocenters. The Balaban J connectivity index is 2.23. The third-order valence-electron chi connectivity index (χ3n) is 3.23. The van der Waals surface area contributed by atoms with E-state index in [1.165, 1.54) is 0 Å². The number of tetrazole rings is 1. The summed E-state index contributed by atoms with van der Waals surface area (Å²) in [6.45, 7) is 5.39. The second-order valence-corrected chi connectivity index (χ2v) is 4.91. The van der Waals surface area contributed by atoms with E-state index in [9.17, 15) is 4.79 Å². The largest absolute Gasteiger partial charge is 0.324 e. The van der Waals surface area contributed by atoms with Gasteiger partial charge >= 0.3 is 0 Å². The molecule has 1 heterocycles. The molecule has 1 unspecified atom stereocenters. The number of nitrogens with zero attached hydrogens (tertiary/aromatic N) is 4. The zero-order valence-electron chi connectivity index (χ0n) is 11.8. The van der Waals surface area contributed by atoms with E-state index < -0.39 is 5.54 Å². The molecule has 2 aromatic rings. The van der Waals surface area contributed by atoms with E-state index in [2.05, 4.69) is 20.8 Å². The maximum absolute atomic E-state index is 12.0. The van der Waals surface area contributed by atoms with Gasteiger partial charge in [-0.2, -0.15) is 4.68 Å². The molecule has 1 amide bonds. The third-order valence-corrected chi connectivity index (χ3v) is 3.23. The van der Waals surface area contributed by atoms with Gasteiger partial charge in [-0.3, -0.25) is 4.79 Å². The molecule has 0 spiro atoms. The van der Waals surface area contributed by atoms with Crippen LogP contribution in [0, 0.1) is 6.92 Å². The number of aryl methyl sites for hydroxylation is 1. The fraction of sp³-hybridized carbons (Fsp3) is 0.385. The summed E-state index contributed by atoms with van der Waals surface area (Å²) in [5.41, 5.74) is 6.46. The lowest BCUT2D eigenvalue weighted by Gasteiger charge is -2.21. The Hall–Kier alpha value is -2.28. The Kier molecular flexibility index (Phi) is 3.80. The number of carbonyl (C=O) groups excluding carboxylic acids is 1. The molecule has 7 heteroatoms. The molecule has 0 saturated carbocycles. The van der Waals surface area contributed by atoms with E-state index in [-0.39, 0.29) is 5.91 Å². The SMILES string of the molecule is CCC(C)(N)C(=O)Nc1cccc(-n2nnnc2C)c1. The van der Waals surface area contributed by atoms with Crippen molar-refractivity contribution in [1.82, 2.24) is 20.2 Å². The molecule has 7 nitrogen and oxygen atoms in total. The van der Waals surface area contributed by atoms with Crippen LogP contribution in [0.15, 0.2) is 24.3 Å². The van der Waals surface area contributed by atoms with Gasteiger partial charge in [-0.1, -0.05) is 13.0 Å². The van der Waals surface area contributed by atoms with Crippen LogP contribution >= 0.6 is 0 Å². The molecule has 0 aliphatic carbocycles. The van der Waals surface area contributed by atoms with Crippen LogP contribution in [0.3, 0.4) is 0 Å². The van der Waals surface area contributed by atoms with Gasteiger partial charge in [-0.15, -0.1) is 5.10 Å². The van der Waals surface area contributed by atoms with Crippen molar-refractivity contribution in [3.63, 3.8) is 0 Å². The molecule has 0 aliphatic rings. The Bertz CT molecular complexity index is 619. The molecule has 2 rings (SSSR count). The van der Waals surface area contributed by atoms with Crippen LogP contribution in [-0.2, 0) is 4.79 Å². The van der Waals surface area contributed by atoms with Gasteiger partial charge in [0.05, 0.1) is 11.2 Å². The molecular formula is C13H18N6O. The topological polar surface area (TPSA) is 98.7 Å². The van der Waals surface area contributed by atoms with Gasteiger partial charge in [0.15, 0.2) is 5.82 Å². The second-order valence-electron chi connectivity index (χ2n) is 4.91. The van der Waals surface area contributed by atoms with Crippen molar-refractivity contribution in [2.24, 2.45) is 5.73 Å². The third kappa shape index (κ3) is 2.83. The fourth-order valence-corrected chi connectivity index (χ4v) is 1.62. The molecule has 3 N–H and O–H groups in total. The van der Waals surface area contributed by atoms with E-state index in [0.29, 0.717) is 17.9 Å². The summed E-state index contributed by atoms with van der Waals surface area (Å²) < 4.78 is 1.59. The minimum Gasteiger partial charge on any atom is -0.324 e. The van der Waals surface area contributed by atoms with Crippen LogP contribution in [0.1, 0.15) is 26.1 Å². The van der Waals surface area contributed by atoms with Crippen molar-refractivity contribution < 1.29 is 4.79 Å². The monoisotopic (exact) mass is 274 g/mol. The summed E-state index contributed by atoms with van der Waals surface area (Å²) in [5, 5.41) is 14.1. The number of anilines is 1. The first-order chi connectivity index (χ1) is 9.44. The van der Waals surface area contributed by atoms with Crippen molar-refractivity contribution in [1.29, 1.82) is 0 Å². The lowest BCUT2D eigenvalue weighted by molar-refractivity contribution is -0.120. The molecule has 1 aromatic heterocycles. The van der Waals surface area contributed by atoms with Crippen LogP contribution in [0.2, 0.25) is 0 Å². The van der Waals surface area contributed by atoms with Crippen molar-refractivity contribution >= 4 is 11.6 Å². The standard InChI is InChI=1S/C13H18N6O/c1-4-13(3,14)12(20)15-10-6-5-7-11(8-10)19-9(2)16-17-18-19/h5-8H,4,14H2,1-3H3,(H,15,20). The van der Waals surface area contributed by atoms with Crippen LogP contribution in [0.5, 0.6) is 0 Å². The highest BCUT2D eigenvalue weighted by atomic mass is 16.2. The molecule has 0 aliphatic heterocycles. The number of benzene rings is 1. The zero-order chi connectivity index (χ0) is 14.8. The summed E-state index contributed by atoms with van der Waals surface area (Å²) in [7, 11) is 0. The molecule has 0 saturated heterocycles. The molecule has 1 aromatic carbocycles. The first kappa shape index (κ1) is 14.1. The summed E-state index contributed by atoms with van der Waals surface area (Å²) in [6, 6.07) is 7.28. The highest BCUT2D eigenvalue weighted by Gasteiger charge is 2.25. The Morgan fingerprint density at radius 1 is 1.50 bits per heavy atom. The van der Waals surface area contributed by atoms with Crippen molar-refractivity contribution in [2.75, 3.05) is 5.32 Å². The molecule has 0 fully saturated rings. The number of hydrogen-bond acceptors (Lipinski definition) is 5. The van der Waals surface area contributed by atoms with Crippen molar-refractivity contribution in [3.05, 3.63) is 30.1 Å². The average molecular weight is 274 g/mol. The van der Waals surface area contributed by atoms with E-state index in [1.807, 2.05) is 19.1 Å². The summed E-state index contributed by atoms with van der Waals surface area (Å²) in [6.07, 6.45) is 0.560. The van der Waals surface area contributed by atoms with Crippen LogP contribution in [-0.4, -0.2) is 31.7 Å². The predicted octanol–water partition coefficient (Wildman–Crippen LogP) is 1.04. The second kappa shape index (κ2) is 5.38. The number of hydrogen-bond donors (Lipinski definition) is 2. The molecule has 20 heavy (non-hydrogen) atoms. The van der Waals surface area contributed by atoms with Gasteiger partial charge in [0, 0.05) is 5.69 Å². The minimum absolute atomic E-state index is 0.217. The number of carbonyl (C=O) groups is 1. The lowest BCUT2D eigenvalue weighted by Crippen LogP contribution is -2.47. The lowest BCUT2D eigenvalue weighted by atomic mass is 9.99. The minimum atomic E-state index is -0.888. The van der Waals surface area contributed by atoms with E-state index >= 15 is 0 Å². The van der Waals surface area contributed by atoms with Crippen molar-refractivity contribution in [2.45, 2.75) is 32.7 Å². The molecule has 0 radical (unpaired) electrons. The Labute approximate surface area is 117 Å². The summed E-state index contributed by atoms with van der Waals surface area (Å²) >= 11 is 0. The van der Waals surface area contributed by atoms with E-state index in [1.54, 1.807) is 30.7 Å². The number of amides is 1. The van der Waals surface area contributed by atoms with Gasteiger partial charge in [-0.25, -0.2) is 0 Å². The van der Waals surface area contributed by atoms with E-state index in [4.69, 9.17) is 5.73 Å². The molecule has 0 bridgehead atoms. The maximum Gasteiger partial charge on any atom is 0.244 e. The van der Waals surface area contributed by atoms with Gasteiger partial charge in [0.25, 0.3) is 0 Å². The zero-order valence-corrected chi connectivity index (χ0v) is 11.8. The quantitative estimate of drug-likeness (QED) is 0.867. The summed E-state index contributed by atoms with van der Waals surface area (Å²) in [4.78, 5) is 12.0. The van der Waals surface area contributed by atoms with Gasteiger partial charge in [-0.05, 0) is 48.9 Å².